The molecule has 0 heterocycles. The molecule has 0 aliphatic heterocycles. The van der Waals surface area contributed by atoms with E-state index in [-0.39, 0.29) is 19.0 Å². The van der Waals surface area contributed by atoms with E-state index in [1.165, 1.54) is 15.5 Å². The van der Waals surface area contributed by atoms with Crippen molar-refractivity contribution in [2.24, 2.45) is 0 Å². The maximum atomic E-state index is 13.0. The molecule has 164 valence electrons. The third kappa shape index (κ3) is 8.51. The van der Waals surface area contributed by atoms with Crippen LogP contribution in [0.15, 0.2) is 24.3 Å². The summed E-state index contributed by atoms with van der Waals surface area (Å²) in [5, 5.41) is 5.36. The van der Waals surface area contributed by atoms with Gasteiger partial charge in [-0.25, -0.2) is 0 Å². The Morgan fingerprint density at radius 2 is 1.34 bits per heavy atom. The van der Waals surface area contributed by atoms with E-state index in [1.54, 1.807) is 31.2 Å². The summed E-state index contributed by atoms with van der Waals surface area (Å²) >= 11 is 0. The number of carbonyl (C=O) groups is 2. The zero-order valence-corrected chi connectivity index (χ0v) is 18.7. The minimum atomic E-state index is -3.71. The van der Waals surface area contributed by atoms with Crippen molar-refractivity contribution in [3.8, 4) is 0 Å². The van der Waals surface area contributed by atoms with Gasteiger partial charge in [-0.2, -0.15) is 17.0 Å². The summed E-state index contributed by atoms with van der Waals surface area (Å²) in [7, 11) is -3.71. The first-order chi connectivity index (χ1) is 13.7. The molecular formula is C20H34N4O4S. The topological polar surface area (TPSA) is 98.8 Å². The number of benzene rings is 1. The van der Waals surface area contributed by atoms with E-state index < -0.39 is 16.1 Å². The van der Waals surface area contributed by atoms with Gasteiger partial charge in [-0.15, -0.1) is 0 Å². The maximum absolute atomic E-state index is 13.0. The van der Waals surface area contributed by atoms with Crippen LogP contribution in [0.5, 0.6) is 0 Å². The normalized spacial score (nSPS) is 11.7. The van der Waals surface area contributed by atoms with Crippen molar-refractivity contribution >= 4 is 33.4 Å². The molecule has 1 aromatic carbocycles. The van der Waals surface area contributed by atoms with E-state index in [2.05, 4.69) is 10.6 Å². The molecule has 0 fully saturated rings. The van der Waals surface area contributed by atoms with Crippen LogP contribution < -0.4 is 10.6 Å². The van der Waals surface area contributed by atoms with Gasteiger partial charge >= 0.3 is 0 Å². The number of hydrogen-bond acceptors (Lipinski definition) is 4. The number of rotatable bonds is 13. The summed E-state index contributed by atoms with van der Waals surface area (Å²) < 4.78 is 28.8. The molecule has 2 amide bonds. The van der Waals surface area contributed by atoms with Crippen LogP contribution in [0.25, 0.3) is 0 Å². The lowest BCUT2D eigenvalue weighted by molar-refractivity contribution is -0.116. The Morgan fingerprint density at radius 1 is 0.862 bits per heavy atom. The number of amides is 2. The van der Waals surface area contributed by atoms with Crippen molar-refractivity contribution in [2.45, 2.75) is 53.4 Å². The first-order valence-corrected chi connectivity index (χ1v) is 11.6. The molecule has 0 unspecified atom stereocenters. The van der Waals surface area contributed by atoms with E-state index in [1.807, 2.05) is 13.8 Å². The lowest BCUT2D eigenvalue weighted by atomic mass is 10.2. The molecule has 29 heavy (non-hydrogen) atoms. The minimum absolute atomic E-state index is 0.179. The first-order valence-electron chi connectivity index (χ1n) is 10.2. The van der Waals surface area contributed by atoms with Crippen LogP contribution in [0.3, 0.4) is 0 Å². The highest BCUT2D eigenvalue weighted by Gasteiger charge is 2.29. The molecule has 2 N–H and O–H groups in total. The number of anilines is 2. The average Bonchev–Trinajstić information content (AvgIpc) is 2.67. The number of hydrogen-bond donors (Lipinski definition) is 2. The van der Waals surface area contributed by atoms with Gasteiger partial charge in [0.15, 0.2) is 0 Å². The van der Waals surface area contributed by atoms with Crippen molar-refractivity contribution in [2.75, 3.05) is 36.8 Å². The number of likely N-dealkylation sites (N-methyl/N-ethyl adjacent to an activating group) is 1. The predicted molar refractivity (Wildman–Crippen MR) is 117 cm³/mol. The molecule has 0 atom stereocenters. The van der Waals surface area contributed by atoms with Crippen LogP contribution in [-0.4, -0.2) is 55.0 Å². The third-order valence-electron chi connectivity index (χ3n) is 4.34. The van der Waals surface area contributed by atoms with Gasteiger partial charge in [-0.1, -0.05) is 33.6 Å². The Balaban J connectivity index is 2.80. The van der Waals surface area contributed by atoms with Gasteiger partial charge in [0.05, 0.1) is 6.54 Å². The minimum Gasteiger partial charge on any atom is -0.326 e. The molecule has 1 rings (SSSR count). The molecule has 0 saturated heterocycles. The van der Waals surface area contributed by atoms with Crippen LogP contribution in [0, 0.1) is 0 Å². The van der Waals surface area contributed by atoms with Crippen LogP contribution in [-0.2, 0) is 19.8 Å². The molecule has 0 aliphatic carbocycles. The molecule has 0 spiro atoms. The highest BCUT2D eigenvalue weighted by molar-refractivity contribution is 7.86. The molecule has 0 bridgehead atoms. The SMILES string of the molecule is CCCCN(CCCC)S(=O)(=O)N(CC)CC(=O)Nc1ccc(NC(C)=O)cc1. The van der Waals surface area contributed by atoms with E-state index in [4.69, 9.17) is 0 Å². The Bertz CT molecular complexity index is 742. The third-order valence-corrected chi connectivity index (χ3v) is 6.39. The summed E-state index contributed by atoms with van der Waals surface area (Å²) in [6.07, 6.45) is 3.37. The van der Waals surface area contributed by atoms with E-state index in [0.29, 0.717) is 24.5 Å². The van der Waals surface area contributed by atoms with E-state index >= 15 is 0 Å². The van der Waals surface area contributed by atoms with Gasteiger partial charge in [0.1, 0.15) is 0 Å². The second kappa shape index (κ2) is 12.6. The molecule has 0 aliphatic rings. The van der Waals surface area contributed by atoms with Gasteiger partial charge in [0.25, 0.3) is 10.2 Å². The number of nitrogens with zero attached hydrogens (tertiary/aromatic N) is 2. The van der Waals surface area contributed by atoms with Gasteiger partial charge < -0.3 is 10.6 Å². The first kappa shape index (κ1) is 25.1. The fourth-order valence-corrected chi connectivity index (χ4v) is 4.39. The standard InChI is InChI=1S/C20H34N4O4S/c1-5-8-14-24(15-9-6-2)29(27,28)23(7-3)16-20(26)22-19-12-10-18(11-13-19)21-17(4)25/h10-13H,5-9,14-16H2,1-4H3,(H,21,25)(H,22,26). The molecule has 8 nitrogen and oxygen atoms in total. The molecule has 0 saturated carbocycles. The van der Waals surface area contributed by atoms with Crippen molar-refractivity contribution in [3.63, 3.8) is 0 Å². The Morgan fingerprint density at radius 3 is 1.76 bits per heavy atom. The number of carbonyl (C=O) groups excluding carboxylic acids is 2. The van der Waals surface area contributed by atoms with E-state index in [0.717, 1.165) is 25.7 Å². The zero-order chi connectivity index (χ0) is 21.9. The number of nitrogens with one attached hydrogen (secondary N) is 2. The van der Waals surface area contributed by atoms with Crippen molar-refractivity contribution in [1.82, 2.24) is 8.61 Å². The monoisotopic (exact) mass is 426 g/mol. The molecule has 0 radical (unpaired) electrons. The summed E-state index contributed by atoms with van der Waals surface area (Å²) in [5.41, 5.74) is 1.15. The van der Waals surface area contributed by atoms with Gasteiger partial charge in [0, 0.05) is 37.9 Å². The predicted octanol–water partition coefficient (Wildman–Crippen LogP) is 3.05. The quantitative estimate of drug-likeness (QED) is 0.506. The largest absolute Gasteiger partial charge is 0.326 e. The van der Waals surface area contributed by atoms with Crippen LogP contribution in [0.4, 0.5) is 11.4 Å². The lowest BCUT2D eigenvalue weighted by Crippen LogP contribution is -2.47. The Labute approximate surface area is 174 Å². The maximum Gasteiger partial charge on any atom is 0.282 e. The summed E-state index contributed by atoms with van der Waals surface area (Å²) in [6.45, 7) is 8.07. The highest BCUT2D eigenvalue weighted by Crippen LogP contribution is 2.15. The zero-order valence-electron chi connectivity index (χ0n) is 17.9. The second-order valence-electron chi connectivity index (χ2n) is 6.85. The van der Waals surface area contributed by atoms with Crippen LogP contribution in [0.2, 0.25) is 0 Å². The second-order valence-corrected chi connectivity index (χ2v) is 8.78. The molecule has 9 heteroatoms. The highest BCUT2D eigenvalue weighted by atomic mass is 32.2. The summed E-state index contributed by atoms with van der Waals surface area (Å²) in [4.78, 5) is 23.5. The van der Waals surface area contributed by atoms with Crippen molar-refractivity contribution < 1.29 is 18.0 Å². The van der Waals surface area contributed by atoms with E-state index in [9.17, 15) is 18.0 Å². The smallest absolute Gasteiger partial charge is 0.282 e. The van der Waals surface area contributed by atoms with Gasteiger partial charge in [-0.3, -0.25) is 9.59 Å². The van der Waals surface area contributed by atoms with Gasteiger partial charge in [0.2, 0.25) is 11.8 Å². The van der Waals surface area contributed by atoms with Crippen LogP contribution in [0.1, 0.15) is 53.4 Å². The van der Waals surface area contributed by atoms with Gasteiger partial charge in [-0.05, 0) is 37.1 Å². The molecule has 0 aromatic heterocycles. The van der Waals surface area contributed by atoms with Crippen LogP contribution >= 0.6 is 0 Å². The molecule has 1 aromatic rings. The van der Waals surface area contributed by atoms with Crippen molar-refractivity contribution in [3.05, 3.63) is 24.3 Å². The summed E-state index contributed by atoms with van der Waals surface area (Å²) in [6, 6.07) is 6.65. The average molecular weight is 427 g/mol. The Hall–Kier alpha value is -1.97. The number of unbranched alkanes of at least 4 members (excludes halogenated alkanes) is 2. The summed E-state index contributed by atoms with van der Waals surface area (Å²) in [5.74, 6) is -0.588. The fraction of sp³-hybridized carbons (Fsp3) is 0.600. The fourth-order valence-electron chi connectivity index (χ4n) is 2.73. The van der Waals surface area contributed by atoms with Crippen molar-refractivity contribution in [1.29, 1.82) is 0 Å². The molecular weight excluding hydrogens is 392 g/mol. The lowest BCUT2D eigenvalue weighted by Gasteiger charge is -2.29. The Kier molecular flexibility index (Phi) is 10.9.